The zero-order chi connectivity index (χ0) is 10.3. The molecular weight excluding hydrogens is 225 g/mol. The van der Waals surface area contributed by atoms with Crippen LogP contribution in [0.5, 0.6) is 0 Å². The van der Waals surface area contributed by atoms with Crippen molar-refractivity contribution in [3.8, 4) is 0 Å². The van der Waals surface area contributed by atoms with E-state index < -0.39 is 11.4 Å². The molecule has 3 nitrogen and oxygen atoms in total. The molecule has 1 aromatic rings. The van der Waals surface area contributed by atoms with Gasteiger partial charge >= 0.3 is 5.97 Å². The van der Waals surface area contributed by atoms with Gasteiger partial charge in [-0.2, -0.15) is 0 Å². The highest BCUT2D eigenvalue weighted by atomic mass is 35.5. The van der Waals surface area contributed by atoms with Gasteiger partial charge < -0.3 is 5.11 Å². The molecule has 1 heterocycles. The van der Waals surface area contributed by atoms with Crippen molar-refractivity contribution in [1.82, 2.24) is 4.98 Å². The molecule has 0 amide bonds. The van der Waals surface area contributed by atoms with Crippen molar-refractivity contribution in [2.45, 2.75) is 18.3 Å². The number of carbonyl (C=O) groups is 1. The number of hydrogen-bond acceptors (Lipinski definition) is 2. The summed E-state index contributed by atoms with van der Waals surface area (Å²) in [5.41, 5.74) is -0.245. The Hall–Kier alpha value is -0.800. The van der Waals surface area contributed by atoms with E-state index in [0.717, 1.165) is 0 Å². The van der Waals surface area contributed by atoms with Gasteiger partial charge in [-0.3, -0.25) is 4.79 Å². The van der Waals surface area contributed by atoms with E-state index in [1.165, 1.54) is 12.3 Å². The molecule has 0 aromatic carbocycles. The largest absolute Gasteiger partial charge is 0.481 e. The van der Waals surface area contributed by atoms with Crippen LogP contribution in [0.1, 0.15) is 18.4 Å². The van der Waals surface area contributed by atoms with Crippen LogP contribution in [0.2, 0.25) is 10.2 Å². The van der Waals surface area contributed by atoms with Crippen molar-refractivity contribution in [2.75, 3.05) is 0 Å². The van der Waals surface area contributed by atoms with Crippen molar-refractivity contribution in [3.63, 3.8) is 0 Å². The summed E-state index contributed by atoms with van der Waals surface area (Å²) in [6, 6.07) is 1.47. The van der Waals surface area contributed by atoms with Gasteiger partial charge in [0.1, 0.15) is 5.15 Å². The zero-order valence-corrected chi connectivity index (χ0v) is 8.64. The Morgan fingerprint density at radius 3 is 2.57 bits per heavy atom. The third-order valence-electron chi connectivity index (χ3n) is 2.50. The van der Waals surface area contributed by atoms with Crippen molar-refractivity contribution in [1.29, 1.82) is 0 Å². The van der Waals surface area contributed by atoms with Crippen LogP contribution >= 0.6 is 23.2 Å². The van der Waals surface area contributed by atoms with E-state index in [2.05, 4.69) is 4.98 Å². The number of carboxylic acids is 1. The molecule has 1 aliphatic carbocycles. The lowest BCUT2D eigenvalue weighted by atomic mass is 9.98. The lowest BCUT2D eigenvalue weighted by molar-refractivity contribution is -0.140. The van der Waals surface area contributed by atoms with Crippen LogP contribution in [0.3, 0.4) is 0 Å². The second-order valence-electron chi connectivity index (χ2n) is 3.37. The first-order valence-corrected chi connectivity index (χ1v) is 4.87. The van der Waals surface area contributed by atoms with Crippen molar-refractivity contribution >= 4 is 29.2 Å². The SMILES string of the molecule is O=C(O)C1(c2cnc(Cl)cc2Cl)CC1. The summed E-state index contributed by atoms with van der Waals surface area (Å²) in [7, 11) is 0. The quantitative estimate of drug-likeness (QED) is 0.797. The number of pyridine rings is 1. The third kappa shape index (κ3) is 1.37. The molecule has 74 valence electrons. The van der Waals surface area contributed by atoms with Gasteiger partial charge in [-0.1, -0.05) is 23.2 Å². The Kier molecular flexibility index (Phi) is 2.16. The lowest BCUT2D eigenvalue weighted by Gasteiger charge is -2.11. The second-order valence-corrected chi connectivity index (χ2v) is 4.17. The molecule has 0 unspecified atom stereocenters. The van der Waals surface area contributed by atoms with Crippen LogP contribution in [0, 0.1) is 0 Å². The topological polar surface area (TPSA) is 50.2 Å². The van der Waals surface area contributed by atoms with Gasteiger partial charge in [0.05, 0.1) is 5.41 Å². The summed E-state index contributed by atoms with van der Waals surface area (Å²) in [4.78, 5) is 14.8. The molecule has 1 aliphatic rings. The van der Waals surface area contributed by atoms with Crippen molar-refractivity contribution < 1.29 is 9.90 Å². The Balaban J connectivity index is 2.47. The van der Waals surface area contributed by atoms with E-state index in [0.29, 0.717) is 23.4 Å². The van der Waals surface area contributed by atoms with Crippen LogP contribution < -0.4 is 0 Å². The minimum absolute atomic E-state index is 0.278. The molecule has 1 N–H and O–H groups in total. The lowest BCUT2D eigenvalue weighted by Crippen LogP contribution is -2.20. The minimum atomic E-state index is -0.844. The van der Waals surface area contributed by atoms with E-state index in [9.17, 15) is 4.79 Å². The van der Waals surface area contributed by atoms with Gasteiger partial charge in [0.2, 0.25) is 0 Å². The van der Waals surface area contributed by atoms with Crippen LogP contribution in [0.25, 0.3) is 0 Å². The zero-order valence-electron chi connectivity index (χ0n) is 7.13. The third-order valence-corrected chi connectivity index (χ3v) is 3.01. The predicted molar refractivity (Wildman–Crippen MR) is 52.8 cm³/mol. The molecule has 0 aliphatic heterocycles. The maximum Gasteiger partial charge on any atom is 0.314 e. The van der Waals surface area contributed by atoms with Crippen LogP contribution in [-0.2, 0) is 10.2 Å². The van der Waals surface area contributed by atoms with E-state index in [1.54, 1.807) is 0 Å². The van der Waals surface area contributed by atoms with E-state index in [4.69, 9.17) is 28.3 Å². The summed E-state index contributed by atoms with van der Waals surface area (Å²) in [6.07, 6.45) is 2.68. The number of nitrogens with zero attached hydrogens (tertiary/aromatic N) is 1. The molecule has 1 aromatic heterocycles. The fourth-order valence-electron chi connectivity index (χ4n) is 1.48. The summed E-state index contributed by atoms with van der Waals surface area (Å²) < 4.78 is 0. The number of aromatic nitrogens is 1. The fourth-order valence-corrected chi connectivity index (χ4v) is 2.03. The highest BCUT2D eigenvalue weighted by molar-refractivity contribution is 6.34. The molecule has 0 bridgehead atoms. The Morgan fingerprint density at radius 2 is 2.14 bits per heavy atom. The van der Waals surface area contributed by atoms with Gasteiger partial charge in [0.25, 0.3) is 0 Å². The van der Waals surface area contributed by atoms with Gasteiger partial charge in [0, 0.05) is 16.8 Å². The summed E-state index contributed by atoms with van der Waals surface area (Å²) in [5.74, 6) is -0.844. The fraction of sp³-hybridized carbons (Fsp3) is 0.333. The Morgan fingerprint density at radius 1 is 1.50 bits per heavy atom. The molecule has 0 radical (unpaired) electrons. The molecule has 1 fully saturated rings. The molecule has 14 heavy (non-hydrogen) atoms. The van der Waals surface area contributed by atoms with Crippen LogP contribution in [-0.4, -0.2) is 16.1 Å². The normalized spacial score (nSPS) is 17.9. The average Bonchev–Trinajstić information content (AvgIpc) is 2.84. The minimum Gasteiger partial charge on any atom is -0.481 e. The standard InChI is InChI=1S/C9H7Cl2NO2/c10-6-3-7(11)12-4-5(6)9(1-2-9)8(13)14/h3-4H,1-2H2,(H,13,14). The van der Waals surface area contributed by atoms with Crippen molar-refractivity contribution in [3.05, 3.63) is 28.0 Å². The van der Waals surface area contributed by atoms with E-state index in [1.807, 2.05) is 0 Å². The van der Waals surface area contributed by atoms with Gasteiger partial charge in [-0.25, -0.2) is 4.98 Å². The Labute approximate surface area is 90.7 Å². The first kappa shape index (κ1) is 9.74. The number of halogens is 2. The second kappa shape index (κ2) is 3.11. The maximum absolute atomic E-state index is 11.0. The van der Waals surface area contributed by atoms with Gasteiger partial charge in [0.15, 0.2) is 0 Å². The molecular formula is C9H7Cl2NO2. The smallest absolute Gasteiger partial charge is 0.314 e. The number of carboxylic acid groups (broad SMARTS) is 1. The molecule has 0 saturated heterocycles. The molecule has 5 heteroatoms. The summed E-state index contributed by atoms with van der Waals surface area (Å²) >= 11 is 11.5. The number of hydrogen-bond donors (Lipinski definition) is 1. The predicted octanol–water partition coefficient (Wildman–Crippen LogP) is 2.50. The summed E-state index contributed by atoms with van der Waals surface area (Å²) in [5, 5.41) is 9.69. The monoisotopic (exact) mass is 231 g/mol. The summed E-state index contributed by atoms with van der Waals surface area (Å²) in [6.45, 7) is 0. The number of aliphatic carboxylic acids is 1. The highest BCUT2D eigenvalue weighted by Crippen LogP contribution is 2.50. The highest BCUT2D eigenvalue weighted by Gasteiger charge is 2.53. The molecule has 0 spiro atoms. The van der Waals surface area contributed by atoms with Gasteiger partial charge in [-0.15, -0.1) is 0 Å². The molecule has 1 saturated carbocycles. The number of rotatable bonds is 2. The van der Waals surface area contributed by atoms with E-state index in [-0.39, 0.29) is 5.15 Å². The average molecular weight is 232 g/mol. The molecule has 0 atom stereocenters. The van der Waals surface area contributed by atoms with Crippen LogP contribution in [0.15, 0.2) is 12.3 Å². The molecule has 2 rings (SSSR count). The maximum atomic E-state index is 11.0. The van der Waals surface area contributed by atoms with Crippen LogP contribution in [0.4, 0.5) is 0 Å². The van der Waals surface area contributed by atoms with E-state index >= 15 is 0 Å². The first-order valence-electron chi connectivity index (χ1n) is 4.11. The first-order chi connectivity index (χ1) is 6.56. The van der Waals surface area contributed by atoms with Crippen molar-refractivity contribution in [2.24, 2.45) is 0 Å². The Bertz CT molecular complexity index is 402. The van der Waals surface area contributed by atoms with Gasteiger partial charge in [-0.05, 0) is 18.9 Å².